The van der Waals surface area contributed by atoms with Gasteiger partial charge in [0.25, 0.3) is 20.2 Å². The van der Waals surface area contributed by atoms with Crippen LogP contribution in [0.3, 0.4) is 0 Å². The minimum atomic E-state index is -4.02. The van der Waals surface area contributed by atoms with Crippen molar-refractivity contribution in [3.63, 3.8) is 0 Å². The predicted molar refractivity (Wildman–Crippen MR) is 156 cm³/mol. The van der Waals surface area contributed by atoms with E-state index in [2.05, 4.69) is 4.99 Å². The zero-order valence-corrected chi connectivity index (χ0v) is 24.4. The summed E-state index contributed by atoms with van der Waals surface area (Å²) in [5.41, 5.74) is 18.9. The third-order valence-electron chi connectivity index (χ3n) is 5.13. The van der Waals surface area contributed by atoms with Crippen LogP contribution in [0.5, 0.6) is 0 Å². The van der Waals surface area contributed by atoms with Gasteiger partial charge in [0.15, 0.2) is 5.96 Å². The van der Waals surface area contributed by atoms with Crippen LogP contribution in [0, 0.1) is 13.8 Å². The number of nitrogens with zero attached hydrogens (tertiary/aromatic N) is 1. The molecule has 0 aliphatic heterocycles. The number of benzene rings is 3. The molecule has 0 aliphatic carbocycles. The summed E-state index contributed by atoms with van der Waals surface area (Å²) in [4.78, 5) is 15.3. The second-order valence-electron chi connectivity index (χ2n) is 8.72. The number of esters is 1. The molecule has 41 heavy (non-hydrogen) atoms. The van der Waals surface area contributed by atoms with Crippen molar-refractivity contribution in [3.05, 3.63) is 95.6 Å². The highest BCUT2D eigenvalue weighted by Crippen LogP contribution is 2.09. The van der Waals surface area contributed by atoms with E-state index in [1.54, 1.807) is 24.3 Å². The van der Waals surface area contributed by atoms with Crippen LogP contribution in [0.1, 0.15) is 29.5 Å². The van der Waals surface area contributed by atoms with E-state index in [1.165, 1.54) is 24.3 Å². The number of carbonyl (C=O) groups excluding carboxylic acids is 1. The summed E-state index contributed by atoms with van der Waals surface area (Å²) < 4.78 is 64.2. The van der Waals surface area contributed by atoms with E-state index < -0.39 is 32.2 Å². The van der Waals surface area contributed by atoms with Gasteiger partial charge in [0.1, 0.15) is 12.6 Å². The molecule has 12 nitrogen and oxygen atoms in total. The summed E-state index contributed by atoms with van der Waals surface area (Å²) in [5.74, 6) is -0.367. The molecule has 3 rings (SSSR count). The number of aliphatic imine (C=N–C) groups is 1. The van der Waals surface area contributed by atoms with Crippen LogP contribution in [-0.2, 0) is 36.4 Å². The quantitative estimate of drug-likeness (QED) is 0.0780. The van der Waals surface area contributed by atoms with Crippen molar-refractivity contribution in [1.29, 1.82) is 0 Å². The average Bonchev–Trinajstić information content (AvgIpc) is 2.90. The van der Waals surface area contributed by atoms with Gasteiger partial charge in [0, 0.05) is 6.54 Å². The van der Waals surface area contributed by atoms with Gasteiger partial charge in [0.2, 0.25) is 0 Å². The normalized spacial score (nSPS) is 11.5. The third-order valence-corrected chi connectivity index (χ3v) is 6.87. The van der Waals surface area contributed by atoms with E-state index in [1.807, 2.05) is 44.2 Å². The SMILES string of the molecule is Cc1ccc(S(=O)(=O)O)cc1.Cc1ccc(S(=O)(=O)O)cc1.NC(N)=NCCC[C@H](N)C(=O)OCc1ccccc1. The number of aryl methyl sites for hydroxylation is 2. The van der Waals surface area contributed by atoms with Crippen LogP contribution in [0.15, 0.2) is 93.6 Å². The molecule has 0 saturated carbocycles. The first-order chi connectivity index (χ1) is 19.1. The largest absolute Gasteiger partial charge is 0.460 e. The fourth-order valence-corrected chi connectivity index (χ4v) is 3.85. The van der Waals surface area contributed by atoms with Gasteiger partial charge >= 0.3 is 5.97 Å². The van der Waals surface area contributed by atoms with Crippen LogP contribution in [-0.4, -0.2) is 50.5 Å². The lowest BCUT2D eigenvalue weighted by Gasteiger charge is -2.10. The Morgan fingerprint density at radius 1 is 0.805 bits per heavy atom. The van der Waals surface area contributed by atoms with Crippen LogP contribution < -0.4 is 17.2 Å². The summed E-state index contributed by atoms with van der Waals surface area (Å²) in [6, 6.07) is 20.8. The van der Waals surface area contributed by atoms with Gasteiger partial charge in [-0.25, -0.2) is 0 Å². The lowest BCUT2D eigenvalue weighted by Crippen LogP contribution is -2.32. The second kappa shape index (κ2) is 17.1. The first-order valence-corrected chi connectivity index (χ1v) is 15.1. The fourth-order valence-electron chi connectivity index (χ4n) is 2.89. The Morgan fingerprint density at radius 2 is 1.24 bits per heavy atom. The van der Waals surface area contributed by atoms with Gasteiger partial charge in [0.05, 0.1) is 9.79 Å². The summed E-state index contributed by atoms with van der Waals surface area (Å²) in [5, 5.41) is 0. The maximum Gasteiger partial charge on any atom is 0.323 e. The second-order valence-corrected chi connectivity index (χ2v) is 11.6. The maximum absolute atomic E-state index is 11.6. The van der Waals surface area contributed by atoms with E-state index in [0.717, 1.165) is 16.7 Å². The van der Waals surface area contributed by atoms with E-state index >= 15 is 0 Å². The molecule has 0 aromatic heterocycles. The van der Waals surface area contributed by atoms with Gasteiger partial charge in [-0.1, -0.05) is 65.7 Å². The van der Waals surface area contributed by atoms with Gasteiger partial charge in [-0.2, -0.15) is 16.8 Å². The molecule has 8 N–H and O–H groups in total. The Labute approximate surface area is 240 Å². The Morgan fingerprint density at radius 3 is 1.63 bits per heavy atom. The molecule has 0 bridgehead atoms. The number of carbonyl (C=O) groups is 1. The molecule has 1 atom stereocenters. The number of hydrogen-bond acceptors (Lipinski definition) is 8. The van der Waals surface area contributed by atoms with Crippen molar-refractivity contribution in [2.45, 2.75) is 49.1 Å². The number of hydrogen-bond donors (Lipinski definition) is 5. The average molecular weight is 609 g/mol. The van der Waals surface area contributed by atoms with Crippen LogP contribution in [0.4, 0.5) is 0 Å². The summed E-state index contributed by atoms with van der Waals surface area (Å²) >= 11 is 0. The van der Waals surface area contributed by atoms with Crippen molar-refractivity contribution < 1.29 is 35.5 Å². The van der Waals surface area contributed by atoms with Crippen LogP contribution >= 0.6 is 0 Å². The smallest absolute Gasteiger partial charge is 0.323 e. The number of nitrogens with two attached hydrogens (primary N) is 3. The molecule has 0 heterocycles. The molecule has 0 saturated heterocycles. The van der Waals surface area contributed by atoms with Gasteiger partial charge in [-0.3, -0.25) is 18.9 Å². The van der Waals surface area contributed by atoms with Gasteiger partial charge in [-0.05, 0) is 56.5 Å². The summed E-state index contributed by atoms with van der Waals surface area (Å²) in [6.07, 6.45) is 1.13. The number of guanidine groups is 1. The van der Waals surface area contributed by atoms with E-state index in [0.29, 0.717) is 19.4 Å². The topological polar surface area (TPSA) is 225 Å². The highest BCUT2D eigenvalue weighted by atomic mass is 32.2. The highest BCUT2D eigenvalue weighted by Gasteiger charge is 2.14. The van der Waals surface area contributed by atoms with Crippen molar-refractivity contribution >= 4 is 32.2 Å². The zero-order chi connectivity index (χ0) is 31.1. The molecule has 0 spiro atoms. The molecule has 0 radical (unpaired) electrons. The van der Waals surface area contributed by atoms with Crippen molar-refractivity contribution in [2.24, 2.45) is 22.2 Å². The number of ether oxygens (including phenoxy) is 1. The Balaban J connectivity index is 0.000000327. The minimum absolute atomic E-state index is 0.0419. The molecule has 0 fully saturated rings. The molecule has 0 amide bonds. The molecule has 0 aliphatic rings. The lowest BCUT2D eigenvalue weighted by atomic mass is 10.2. The standard InChI is InChI=1S/C13H20N4O2.2C7H8O3S/c14-11(7-4-8-17-13(15)16)12(18)19-9-10-5-2-1-3-6-10;2*1-6-2-4-7(5-3-6)11(8,9)10/h1-3,5-6,11H,4,7-9,14H2,(H4,15,16,17);2*2-5H,1H3,(H,8,9,10)/t11-;;/m0../s1. The molecule has 14 heteroatoms. The Hall–Kier alpha value is -3.82. The van der Waals surface area contributed by atoms with Crippen LogP contribution in [0.2, 0.25) is 0 Å². The molecule has 224 valence electrons. The highest BCUT2D eigenvalue weighted by molar-refractivity contribution is 7.86. The molecule has 0 unspecified atom stereocenters. The monoisotopic (exact) mass is 608 g/mol. The number of rotatable bonds is 9. The van der Waals surface area contributed by atoms with E-state index in [9.17, 15) is 21.6 Å². The van der Waals surface area contributed by atoms with E-state index in [-0.39, 0.29) is 22.4 Å². The summed E-state index contributed by atoms with van der Waals surface area (Å²) in [7, 11) is -8.04. The molecular formula is C27H36N4O8S2. The van der Waals surface area contributed by atoms with E-state index in [4.69, 9.17) is 31.0 Å². The third kappa shape index (κ3) is 15.5. The molecular weight excluding hydrogens is 572 g/mol. The lowest BCUT2D eigenvalue weighted by molar-refractivity contribution is -0.146. The fraction of sp³-hybridized carbons (Fsp3) is 0.259. The molecule has 3 aromatic rings. The Kier molecular flexibility index (Phi) is 14.7. The van der Waals surface area contributed by atoms with Crippen molar-refractivity contribution in [1.82, 2.24) is 0 Å². The van der Waals surface area contributed by atoms with Gasteiger partial charge in [-0.15, -0.1) is 0 Å². The minimum Gasteiger partial charge on any atom is -0.460 e. The van der Waals surface area contributed by atoms with Crippen LogP contribution in [0.25, 0.3) is 0 Å². The van der Waals surface area contributed by atoms with Gasteiger partial charge < -0.3 is 21.9 Å². The Bertz CT molecular complexity index is 1380. The zero-order valence-electron chi connectivity index (χ0n) is 22.8. The first kappa shape index (κ1) is 35.2. The summed E-state index contributed by atoms with van der Waals surface area (Å²) in [6.45, 7) is 4.38. The predicted octanol–water partition coefficient (Wildman–Crippen LogP) is 2.59. The first-order valence-electron chi connectivity index (χ1n) is 12.2. The van der Waals surface area contributed by atoms with Crippen molar-refractivity contribution in [3.8, 4) is 0 Å². The molecule has 3 aromatic carbocycles. The maximum atomic E-state index is 11.6. The van der Waals surface area contributed by atoms with Crippen molar-refractivity contribution in [2.75, 3.05) is 6.54 Å².